The van der Waals surface area contributed by atoms with Crippen LogP contribution in [0.4, 0.5) is 0 Å². The second-order valence-electron chi connectivity index (χ2n) is 12.1. The molecule has 0 fully saturated rings. The van der Waals surface area contributed by atoms with Crippen molar-refractivity contribution in [1.82, 2.24) is 19.5 Å². The van der Waals surface area contributed by atoms with Gasteiger partial charge in [0.05, 0.1) is 29.4 Å². The van der Waals surface area contributed by atoms with E-state index >= 15 is 0 Å². The van der Waals surface area contributed by atoms with Crippen LogP contribution >= 0.6 is 11.3 Å². The Hall–Kier alpha value is -6.63. The van der Waals surface area contributed by atoms with E-state index in [0.29, 0.717) is 22.3 Å². The lowest BCUT2D eigenvalue weighted by Crippen LogP contribution is -2.06. The first-order valence-corrected chi connectivity index (χ1v) is 16.9. The average molecular weight is 681 g/mol. The Balaban J connectivity index is 1.31. The zero-order chi connectivity index (χ0) is 42.2. The van der Waals surface area contributed by atoms with E-state index in [1.54, 1.807) is 0 Å². The normalized spacial score (nSPS) is 14.7. The zero-order valence-corrected chi connectivity index (χ0v) is 27.2. The van der Waals surface area contributed by atoms with Gasteiger partial charge in [-0.1, -0.05) is 121 Å². The van der Waals surface area contributed by atoms with E-state index in [4.69, 9.17) is 29.0 Å². The molecule has 11 rings (SSSR count). The molecule has 0 saturated carbocycles. The number of thiophene rings is 1. The van der Waals surface area contributed by atoms with Crippen LogP contribution in [-0.2, 0) is 0 Å². The molecule has 6 heteroatoms. The molecule has 7 aromatic carbocycles. The summed E-state index contributed by atoms with van der Waals surface area (Å²) in [6.45, 7) is 0. The molecular weight excluding hydrogens is 645 g/mol. The van der Waals surface area contributed by atoms with Crippen LogP contribution in [0.25, 0.3) is 104 Å². The number of furan rings is 1. The highest BCUT2D eigenvalue weighted by molar-refractivity contribution is 7.26. The highest BCUT2D eigenvalue weighted by Crippen LogP contribution is 2.43. The van der Waals surface area contributed by atoms with Crippen LogP contribution in [0.15, 0.2) is 162 Å². The third kappa shape index (κ3) is 4.37. The zero-order valence-electron chi connectivity index (χ0n) is 36.3. The van der Waals surface area contributed by atoms with E-state index in [9.17, 15) is 4.11 Å². The van der Waals surface area contributed by atoms with Gasteiger partial charge in [-0.15, -0.1) is 11.3 Å². The lowest BCUT2D eigenvalue weighted by Gasteiger charge is -2.12. The van der Waals surface area contributed by atoms with Crippen molar-refractivity contribution in [1.29, 1.82) is 0 Å². The largest absolute Gasteiger partial charge is 0.456 e. The molecule has 0 radical (unpaired) electrons. The van der Waals surface area contributed by atoms with Gasteiger partial charge in [0.25, 0.3) is 0 Å². The first kappa shape index (κ1) is 20.1. The summed E-state index contributed by atoms with van der Waals surface area (Å²) in [7, 11) is 0. The van der Waals surface area contributed by atoms with Crippen molar-refractivity contribution in [2.24, 2.45) is 0 Å². The minimum atomic E-state index is -0.535. The van der Waals surface area contributed by atoms with Gasteiger partial charge in [-0.2, -0.15) is 9.97 Å². The maximum Gasteiger partial charge on any atom is 0.238 e. The van der Waals surface area contributed by atoms with Crippen LogP contribution < -0.4 is 0 Å². The number of rotatable bonds is 4. The molecule has 0 atom stereocenters. The molecule has 0 saturated heterocycles. The van der Waals surface area contributed by atoms with Gasteiger partial charge in [0.2, 0.25) is 5.95 Å². The minimum Gasteiger partial charge on any atom is -0.456 e. The summed E-state index contributed by atoms with van der Waals surface area (Å²) in [5.41, 5.74) is 4.43. The van der Waals surface area contributed by atoms with Gasteiger partial charge >= 0.3 is 0 Å². The van der Waals surface area contributed by atoms with Crippen molar-refractivity contribution in [3.8, 4) is 39.9 Å². The molecule has 11 aromatic rings. The number of para-hydroxylation sites is 2. The van der Waals surface area contributed by atoms with Crippen molar-refractivity contribution in [2.45, 2.75) is 0 Å². The van der Waals surface area contributed by atoms with E-state index in [-0.39, 0.29) is 83.7 Å². The van der Waals surface area contributed by atoms with Gasteiger partial charge in [0.1, 0.15) is 11.2 Å². The predicted molar refractivity (Wildman–Crippen MR) is 211 cm³/mol. The van der Waals surface area contributed by atoms with Gasteiger partial charge in [-0.05, 0) is 47.5 Å². The summed E-state index contributed by atoms with van der Waals surface area (Å²) in [6, 6.07) is 26.5. The third-order valence-electron chi connectivity index (χ3n) is 9.15. The Labute approximate surface area is 309 Å². The van der Waals surface area contributed by atoms with E-state index in [1.165, 1.54) is 4.57 Å². The van der Waals surface area contributed by atoms with Crippen LogP contribution in [0.3, 0.4) is 0 Å². The lowest BCUT2D eigenvalue weighted by atomic mass is 10.0. The predicted octanol–water partition coefficient (Wildman–Crippen LogP) is 12.2. The standard InChI is InChI=1S/C45H26N4OS/c1-2-11-27(12-3-1)28-13-10-14-29(25-28)43-46-44(30-21-22-33-32-16-5-8-19-38(32)50-39(33)26-30)48-45(47-43)49-37-18-7-4-15-31(37)35-23-24-36-34-17-6-9-20-40(34)51-42(36)41(35)49/h1-26H/i4D,6D,7D,9D,15D,17D,18D,20D,23D,24D. The molecule has 4 aromatic heterocycles. The fourth-order valence-corrected chi connectivity index (χ4v) is 7.93. The number of hydrogen-bond acceptors (Lipinski definition) is 5. The van der Waals surface area contributed by atoms with E-state index < -0.39 is 36.3 Å². The highest BCUT2D eigenvalue weighted by Gasteiger charge is 2.21. The van der Waals surface area contributed by atoms with Crippen molar-refractivity contribution in [2.75, 3.05) is 0 Å². The van der Waals surface area contributed by atoms with Crippen LogP contribution in [0.5, 0.6) is 0 Å². The van der Waals surface area contributed by atoms with Gasteiger partial charge in [-0.3, -0.25) is 4.57 Å². The fourth-order valence-electron chi connectivity index (χ4n) is 6.82. The second kappa shape index (κ2) is 10.9. The Bertz CT molecular complexity index is 3730. The van der Waals surface area contributed by atoms with E-state index in [1.807, 2.05) is 97.1 Å². The third-order valence-corrected chi connectivity index (χ3v) is 10.3. The SMILES string of the molecule is [2H]c1c([2H])c([2H])c2c(sc3c2c([2H])c([2H])c2c4c([2H])c([2H])c([2H])c([2H])c4n(-c4nc(-c5cccc(-c6ccccc6)c5)nc(-c5ccc6c(c5)oc5ccccc56)n4)c32)c1[2H]. The van der Waals surface area contributed by atoms with Gasteiger partial charge in [0.15, 0.2) is 11.6 Å². The van der Waals surface area contributed by atoms with Gasteiger partial charge in [-0.25, -0.2) is 4.98 Å². The smallest absolute Gasteiger partial charge is 0.238 e. The van der Waals surface area contributed by atoms with E-state index in [0.717, 1.165) is 33.2 Å². The summed E-state index contributed by atoms with van der Waals surface area (Å²) in [6.07, 6.45) is 0. The molecule has 0 amide bonds. The minimum absolute atomic E-state index is 0.0274. The molecule has 0 aliphatic heterocycles. The monoisotopic (exact) mass is 680 g/mol. The van der Waals surface area contributed by atoms with Crippen LogP contribution in [0.2, 0.25) is 0 Å². The first-order valence-electron chi connectivity index (χ1n) is 21.1. The summed E-state index contributed by atoms with van der Waals surface area (Å²) < 4.78 is 97.4. The maximum absolute atomic E-state index is 9.43. The van der Waals surface area contributed by atoms with Crippen molar-refractivity contribution >= 4 is 75.3 Å². The fraction of sp³-hybridized carbons (Fsp3) is 0. The van der Waals surface area contributed by atoms with Gasteiger partial charge < -0.3 is 4.42 Å². The summed E-state index contributed by atoms with van der Waals surface area (Å²) >= 11 is 0.991. The number of fused-ring (bicyclic) bond motifs is 10. The molecule has 0 bridgehead atoms. The summed E-state index contributed by atoms with van der Waals surface area (Å²) in [4.78, 5) is 15.0. The number of hydrogen-bond donors (Lipinski definition) is 0. The number of nitrogens with zero attached hydrogens (tertiary/aromatic N) is 4. The number of benzene rings is 7. The molecule has 0 aliphatic rings. The van der Waals surface area contributed by atoms with Crippen LogP contribution in [0, 0.1) is 0 Å². The number of aromatic nitrogens is 4. The molecular formula is C45H26N4OS. The summed E-state index contributed by atoms with van der Waals surface area (Å²) in [5.74, 6) is 0.377. The van der Waals surface area contributed by atoms with Crippen LogP contribution in [-0.4, -0.2) is 19.5 Å². The average Bonchev–Trinajstić information content (AvgIpc) is 3.99. The molecule has 51 heavy (non-hydrogen) atoms. The molecule has 238 valence electrons. The highest BCUT2D eigenvalue weighted by atomic mass is 32.1. The maximum atomic E-state index is 9.43. The second-order valence-corrected chi connectivity index (χ2v) is 13.1. The Morgan fingerprint density at radius 3 is 2.12 bits per heavy atom. The topological polar surface area (TPSA) is 56.7 Å². The molecule has 0 spiro atoms. The summed E-state index contributed by atoms with van der Waals surface area (Å²) in [5, 5.41) is 1.97. The van der Waals surface area contributed by atoms with E-state index in [2.05, 4.69) is 0 Å². The van der Waals surface area contributed by atoms with Crippen LogP contribution in [0.1, 0.15) is 13.7 Å². The lowest BCUT2D eigenvalue weighted by molar-refractivity contribution is 0.669. The van der Waals surface area contributed by atoms with Crippen molar-refractivity contribution < 1.29 is 18.1 Å². The Kier molecular flexibility index (Phi) is 4.32. The Morgan fingerprint density at radius 2 is 1.22 bits per heavy atom. The molecule has 0 aliphatic carbocycles. The van der Waals surface area contributed by atoms with Gasteiger partial charge in [0, 0.05) is 48.1 Å². The molecule has 0 N–H and O–H groups in total. The van der Waals surface area contributed by atoms with Crippen molar-refractivity contribution in [3.63, 3.8) is 0 Å². The quantitative estimate of drug-likeness (QED) is 0.186. The Morgan fingerprint density at radius 1 is 0.510 bits per heavy atom. The molecule has 4 heterocycles. The van der Waals surface area contributed by atoms with Crippen molar-refractivity contribution in [3.05, 3.63) is 157 Å². The molecule has 0 unspecified atom stereocenters. The molecule has 5 nitrogen and oxygen atoms in total. The first-order chi connectivity index (χ1) is 29.4.